The van der Waals surface area contributed by atoms with E-state index in [4.69, 9.17) is 0 Å². The molecule has 0 aromatic heterocycles. The highest BCUT2D eigenvalue weighted by atomic mass is 19.4. The molecule has 0 fully saturated rings. The molecule has 0 saturated heterocycles. The van der Waals surface area contributed by atoms with Gasteiger partial charge in [0.05, 0.1) is 18.6 Å². The molecule has 5 nitrogen and oxygen atoms in total. The number of rotatable bonds is 4. The van der Waals surface area contributed by atoms with E-state index in [1.807, 2.05) is 31.2 Å². The highest BCUT2D eigenvalue weighted by Crippen LogP contribution is 2.38. The maximum Gasteiger partial charge on any atom is 0.416 e. The summed E-state index contributed by atoms with van der Waals surface area (Å²) in [5, 5.41) is 5.75. The number of ether oxygens (including phenoxy) is 1. The molecule has 0 spiro atoms. The molecule has 8 heteroatoms. The van der Waals surface area contributed by atoms with E-state index in [0.29, 0.717) is 24.1 Å². The van der Waals surface area contributed by atoms with Crippen molar-refractivity contribution in [2.24, 2.45) is 5.92 Å². The molecular weight excluding hydrogens is 445 g/mol. The van der Waals surface area contributed by atoms with Crippen molar-refractivity contribution in [2.75, 3.05) is 12.4 Å². The molecule has 2 N–H and O–H groups in total. The minimum atomic E-state index is -4.41. The average molecular weight is 470 g/mol. The van der Waals surface area contributed by atoms with E-state index in [-0.39, 0.29) is 17.9 Å². The van der Waals surface area contributed by atoms with Crippen LogP contribution in [0.2, 0.25) is 0 Å². The highest BCUT2D eigenvalue weighted by Gasteiger charge is 2.33. The predicted octanol–water partition coefficient (Wildman–Crippen LogP) is 5.38. The lowest BCUT2D eigenvalue weighted by Gasteiger charge is -2.28. The second-order valence-corrected chi connectivity index (χ2v) is 8.63. The fourth-order valence-corrected chi connectivity index (χ4v) is 4.66. The molecule has 2 aromatic rings. The molecule has 0 aliphatic heterocycles. The van der Waals surface area contributed by atoms with Crippen LogP contribution in [0.25, 0.3) is 0 Å². The van der Waals surface area contributed by atoms with E-state index in [1.54, 1.807) is 12.2 Å². The van der Waals surface area contributed by atoms with Gasteiger partial charge in [-0.2, -0.15) is 13.2 Å². The van der Waals surface area contributed by atoms with Crippen molar-refractivity contribution in [1.29, 1.82) is 0 Å². The number of carbonyl (C=O) groups is 2. The molecule has 4 rings (SSSR count). The number of anilines is 1. The van der Waals surface area contributed by atoms with Gasteiger partial charge in [-0.05, 0) is 60.7 Å². The Morgan fingerprint density at radius 2 is 1.74 bits per heavy atom. The number of alkyl carbamates (subject to hydrolysis) is 1. The largest absolute Gasteiger partial charge is 0.453 e. The second kappa shape index (κ2) is 9.37. The van der Waals surface area contributed by atoms with Gasteiger partial charge < -0.3 is 15.4 Å². The summed E-state index contributed by atoms with van der Waals surface area (Å²) >= 11 is 0. The lowest BCUT2D eigenvalue weighted by Crippen LogP contribution is -2.35. The SMILES string of the molecule is COC(=O)N[C@@H]1Cc2ccc(NC(=O)C3C=CC=C(C)C3c3ccc(C(F)(F)F)cc3)cc2C1. The maximum atomic E-state index is 13.2. The van der Waals surface area contributed by atoms with Gasteiger partial charge in [0.2, 0.25) is 5.91 Å². The second-order valence-electron chi connectivity index (χ2n) is 8.63. The Morgan fingerprint density at radius 3 is 2.41 bits per heavy atom. The van der Waals surface area contributed by atoms with Crippen molar-refractivity contribution in [3.05, 3.63) is 88.5 Å². The van der Waals surface area contributed by atoms with Crippen molar-refractivity contribution in [2.45, 2.75) is 37.9 Å². The Kier molecular flexibility index (Phi) is 6.50. The van der Waals surface area contributed by atoms with Crippen molar-refractivity contribution >= 4 is 17.7 Å². The number of hydrogen-bond donors (Lipinski definition) is 2. The predicted molar refractivity (Wildman–Crippen MR) is 122 cm³/mol. The van der Waals surface area contributed by atoms with E-state index in [9.17, 15) is 22.8 Å². The molecule has 0 radical (unpaired) electrons. The van der Waals surface area contributed by atoms with Crippen molar-refractivity contribution in [1.82, 2.24) is 5.32 Å². The zero-order valence-corrected chi connectivity index (χ0v) is 18.8. The molecule has 2 unspecified atom stereocenters. The number of carbonyl (C=O) groups excluding carboxylic acids is 2. The third-order valence-corrected chi connectivity index (χ3v) is 6.34. The van der Waals surface area contributed by atoms with Crippen LogP contribution in [0.5, 0.6) is 0 Å². The van der Waals surface area contributed by atoms with Crippen molar-refractivity contribution in [3.8, 4) is 0 Å². The molecule has 3 atom stereocenters. The Hall–Kier alpha value is -3.55. The zero-order valence-electron chi connectivity index (χ0n) is 18.8. The lowest BCUT2D eigenvalue weighted by atomic mass is 9.77. The quantitative estimate of drug-likeness (QED) is 0.630. The Morgan fingerprint density at radius 1 is 1.03 bits per heavy atom. The number of alkyl halides is 3. The van der Waals surface area contributed by atoms with E-state index >= 15 is 0 Å². The first-order valence-corrected chi connectivity index (χ1v) is 10.9. The van der Waals surface area contributed by atoms with Gasteiger partial charge in [0.15, 0.2) is 0 Å². The molecule has 178 valence electrons. The average Bonchev–Trinajstić information content (AvgIpc) is 3.19. The third kappa shape index (κ3) is 5.00. The number of benzene rings is 2. The number of allylic oxidation sites excluding steroid dienone is 3. The Balaban J connectivity index is 1.49. The molecule has 2 aliphatic rings. The minimum Gasteiger partial charge on any atom is -0.453 e. The fourth-order valence-electron chi connectivity index (χ4n) is 4.66. The molecule has 0 heterocycles. The monoisotopic (exact) mass is 470 g/mol. The maximum absolute atomic E-state index is 13.2. The van der Waals surface area contributed by atoms with Crippen LogP contribution < -0.4 is 10.6 Å². The van der Waals surface area contributed by atoms with Gasteiger partial charge in [-0.1, -0.05) is 42.0 Å². The number of fused-ring (bicyclic) bond motifs is 1. The zero-order chi connectivity index (χ0) is 24.5. The van der Waals surface area contributed by atoms with Crippen LogP contribution in [0.1, 0.15) is 35.1 Å². The van der Waals surface area contributed by atoms with E-state index in [2.05, 4.69) is 15.4 Å². The topological polar surface area (TPSA) is 67.4 Å². The van der Waals surface area contributed by atoms with Gasteiger partial charge in [-0.3, -0.25) is 4.79 Å². The van der Waals surface area contributed by atoms with Crippen LogP contribution >= 0.6 is 0 Å². The van der Waals surface area contributed by atoms with Gasteiger partial charge >= 0.3 is 12.3 Å². The summed E-state index contributed by atoms with van der Waals surface area (Å²) in [5.74, 6) is -1.17. The van der Waals surface area contributed by atoms with Gasteiger partial charge in [0.25, 0.3) is 0 Å². The number of halogens is 3. The molecule has 34 heavy (non-hydrogen) atoms. The van der Waals surface area contributed by atoms with Gasteiger partial charge in [0.1, 0.15) is 0 Å². The fraction of sp³-hybridized carbons (Fsp3) is 0.308. The summed E-state index contributed by atoms with van der Waals surface area (Å²) in [5.41, 5.74) is 3.59. The lowest BCUT2D eigenvalue weighted by molar-refractivity contribution is -0.137. The number of hydrogen-bond acceptors (Lipinski definition) is 3. The Labute approximate surface area is 195 Å². The van der Waals surface area contributed by atoms with Crippen LogP contribution in [0.4, 0.5) is 23.7 Å². The van der Waals surface area contributed by atoms with Gasteiger partial charge in [0, 0.05) is 17.6 Å². The van der Waals surface area contributed by atoms with E-state index in [0.717, 1.165) is 28.8 Å². The van der Waals surface area contributed by atoms with Gasteiger partial charge in [-0.25, -0.2) is 4.79 Å². The normalized spacial score (nSPS) is 21.4. The van der Waals surface area contributed by atoms with E-state index < -0.39 is 23.8 Å². The van der Waals surface area contributed by atoms with Crippen LogP contribution in [0.15, 0.2) is 66.3 Å². The summed E-state index contributed by atoms with van der Waals surface area (Å²) in [7, 11) is 1.32. The third-order valence-electron chi connectivity index (χ3n) is 6.34. The molecule has 2 aromatic carbocycles. The van der Waals surface area contributed by atoms with Crippen molar-refractivity contribution < 1.29 is 27.5 Å². The molecule has 2 aliphatic carbocycles. The van der Waals surface area contributed by atoms with Gasteiger partial charge in [-0.15, -0.1) is 0 Å². The Bertz CT molecular complexity index is 1150. The summed E-state index contributed by atoms with van der Waals surface area (Å²) in [6.07, 6.45) is 1.87. The first-order valence-electron chi connectivity index (χ1n) is 10.9. The summed E-state index contributed by atoms with van der Waals surface area (Å²) in [6, 6.07) is 10.6. The van der Waals surface area contributed by atoms with Crippen LogP contribution in [-0.2, 0) is 28.5 Å². The molecule has 2 amide bonds. The van der Waals surface area contributed by atoms with Crippen LogP contribution in [-0.4, -0.2) is 25.2 Å². The smallest absolute Gasteiger partial charge is 0.416 e. The standard InChI is InChI=1S/C26H25F3N2O3/c1-15-4-3-5-22(23(15)16-6-9-19(10-7-16)26(27,28)29)24(32)30-20-11-8-17-12-21(14-18(17)13-20)31-25(33)34-2/h3-11,13,21-23H,12,14H2,1-2H3,(H,30,32)(H,31,33)/t21-,22?,23?/m1/s1. The highest BCUT2D eigenvalue weighted by molar-refractivity contribution is 5.95. The number of amides is 2. The van der Waals surface area contributed by atoms with Crippen molar-refractivity contribution in [3.63, 3.8) is 0 Å². The first-order chi connectivity index (χ1) is 16.2. The summed E-state index contributed by atoms with van der Waals surface area (Å²) in [6.45, 7) is 1.87. The molecule has 0 bridgehead atoms. The molecular formula is C26H25F3N2O3. The number of methoxy groups -OCH3 is 1. The molecule has 0 saturated carbocycles. The number of nitrogens with one attached hydrogen (secondary N) is 2. The van der Waals surface area contributed by atoms with E-state index in [1.165, 1.54) is 19.2 Å². The summed E-state index contributed by atoms with van der Waals surface area (Å²) in [4.78, 5) is 24.7. The van der Waals surface area contributed by atoms with Crippen LogP contribution in [0.3, 0.4) is 0 Å². The minimum absolute atomic E-state index is 0.0634. The van der Waals surface area contributed by atoms with Crippen LogP contribution in [0, 0.1) is 5.92 Å². The summed E-state index contributed by atoms with van der Waals surface area (Å²) < 4.78 is 43.6. The first kappa shape index (κ1) is 23.6.